The minimum Gasteiger partial charge on any atom is -0.461 e. The molecule has 8 heteroatoms. The summed E-state index contributed by atoms with van der Waals surface area (Å²) in [7, 11) is 0. The molecule has 0 fully saturated rings. The van der Waals surface area contributed by atoms with Gasteiger partial charge in [-0.05, 0) is 0 Å². The Bertz CT molecular complexity index is 341. The summed E-state index contributed by atoms with van der Waals surface area (Å²) >= 11 is 0. The van der Waals surface area contributed by atoms with E-state index in [0.717, 1.165) is 27.7 Å². The van der Waals surface area contributed by atoms with E-state index in [1.54, 1.807) is 0 Å². The van der Waals surface area contributed by atoms with Crippen LogP contribution in [0.4, 0.5) is 0 Å². The highest BCUT2D eigenvalue weighted by Gasteiger charge is 2.38. The van der Waals surface area contributed by atoms with Crippen molar-refractivity contribution < 1.29 is 38.1 Å². The number of ether oxygens (including phenoxy) is 4. The van der Waals surface area contributed by atoms with E-state index in [2.05, 4.69) is 0 Å². The Morgan fingerprint density at radius 3 is 1.15 bits per heavy atom. The molecule has 0 aromatic carbocycles. The zero-order valence-electron chi connectivity index (χ0n) is 11.9. The van der Waals surface area contributed by atoms with Gasteiger partial charge in [0.25, 0.3) is 0 Å². The molecule has 0 aromatic heterocycles. The van der Waals surface area contributed by atoms with E-state index in [0.29, 0.717) is 0 Å². The Labute approximate surface area is 116 Å². The van der Waals surface area contributed by atoms with Gasteiger partial charge in [-0.1, -0.05) is 0 Å². The van der Waals surface area contributed by atoms with E-state index in [9.17, 15) is 19.2 Å². The molecule has 114 valence electrons. The first-order valence-electron chi connectivity index (χ1n) is 5.76. The second-order valence-corrected chi connectivity index (χ2v) is 4.12. The molecule has 0 amide bonds. The van der Waals surface area contributed by atoms with Crippen molar-refractivity contribution >= 4 is 23.9 Å². The lowest BCUT2D eigenvalue weighted by Gasteiger charge is -2.30. The molecular weight excluding hydrogens is 272 g/mol. The van der Waals surface area contributed by atoms with Crippen molar-refractivity contribution in [1.29, 1.82) is 0 Å². The minimum atomic E-state index is -1.56. The molecule has 0 aliphatic rings. The molecule has 0 N–H and O–H groups in total. The smallest absolute Gasteiger partial charge is 0.303 e. The predicted octanol–water partition coefficient (Wildman–Crippen LogP) is -0.0224. The van der Waals surface area contributed by atoms with Crippen molar-refractivity contribution in [1.82, 2.24) is 0 Å². The topological polar surface area (TPSA) is 105 Å². The third-order valence-corrected chi connectivity index (χ3v) is 1.98. The fraction of sp³-hybridized carbons (Fsp3) is 0.667. The lowest BCUT2D eigenvalue weighted by molar-refractivity contribution is -0.193. The molecule has 0 spiro atoms. The van der Waals surface area contributed by atoms with Crippen LogP contribution in [0.1, 0.15) is 27.7 Å². The van der Waals surface area contributed by atoms with Crippen LogP contribution in [-0.4, -0.2) is 49.3 Å². The molecule has 0 aliphatic carbocycles. The molecule has 0 saturated heterocycles. The van der Waals surface area contributed by atoms with Crippen molar-refractivity contribution in [3.05, 3.63) is 0 Å². The molecule has 0 aliphatic heterocycles. The fourth-order valence-electron chi connectivity index (χ4n) is 1.22. The van der Waals surface area contributed by atoms with Crippen LogP contribution in [0.25, 0.3) is 0 Å². The van der Waals surface area contributed by atoms with Crippen molar-refractivity contribution in [3.63, 3.8) is 0 Å². The van der Waals surface area contributed by atoms with Gasteiger partial charge in [-0.2, -0.15) is 0 Å². The second kappa shape index (κ2) is 8.13. The SMILES string of the molecule is CC(=O)OCC(COC(C)=O)(COC(C)=O)OC(C)=O. The lowest BCUT2D eigenvalue weighted by Crippen LogP contribution is -2.49. The van der Waals surface area contributed by atoms with Crippen LogP contribution < -0.4 is 0 Å². The minimum absolute atomic E-state index is 0.400. The molecule has 0 aromatic rings. The van der Waals surface area contributed by atoms with Gasteiger partial charge in [-0.25, -0.2) is 0 Å². The van der Waals surface area contributed by atoms with Gasteiger partial charge >= 0.3 is 23.9 Å². The third-order valence-electron chi connectivity index (χ3n) is 1.98. The highest BCUT2D eigenvalue weighted by atomic mass is 16.6. The molecule has 0 heterocycles. The summed E-state index contributed by atoms with van der Waals surface area (Å²) in [5.74, 6) is -2.55. The molecule has 20 heavy (non-hydrogen) atoms. The summed E-state index contributed by atoms with van der Waals surface area (Å²) in [4.78, 5) is 43.8. The Kier molecular flexibility index (Phi) is 7.27. The first-order valence-corrected chi connectivity index (χ1v) is 5.76. The monoisotopic (exact) mass is 290 g/mol. The predicted molar refractivity (Wildman–Crippen MR) is 64.4 cm³/mol. The summed E-state index contributed by atoms with van der Waals surface area (Å²) in [6.07, 6.45) is 0. The Hall–Kier alpha value is -2.12. The van der Waals surface area contributed by atoms with Gasteiger partial charge < -0.3 is 18.9 Å². The van der Waals surface area contributed by atoms with Crippen LogP contribution in [0, 0.1) is 0 Å². The molecule has 0 radical (unpaired) electrons. The van der Waals surface area contributed by atoms with Crippen LogP contribution >= 0.6 is 0 Å². The van der Waals surface area contributed by atoms with Gasteiger partial charge in [-0.3, -0.25) is 19.2 Å². The number of carbonyl (C=O) groups excluding carboxylic acids is 4. The van der Waals surface area contributed by atoms with Crippen LogP contribution in [-0.2, 0) is 38.1 Å². The van der Waals surface area contributed by atoms with E-state index in [-0.39, 0.29) is 0 Å². The van der Waals surface area contributed by atoms with E-state index in [4.69, 9.17) is 18.9 Å². The standard InChI is InChI=1S/C12H18O8/c1-8(13)17-5-12(20-11(4)16,6-18-9(2)14)7-19-10(3)15/h5-7H2,1-4H3. The number of rotatable bonds is 7. The zero-order valence-corrected chi connectivity index (χ0v) is 11.9. The number of esters is 4. The molecular formula is C12H18O8. The third kappa shape index (κ3) is 8.06. The zero-order chi connectivity index (χ0) is 15.8. The Balaban J connectivity index is 5.02. The molecule has 0 atom stereocenters. The average Bonchev–Trinajstić information content (AvgIpc) is 2.30. The van der Waals surface area contributed by atoms with Gasteiger partial charge in [0.2, 0.25) is 5.60 Å². The summed E-state index contributed by atoms with van der Waals surface area (Å²) < 4.78 is 19.3. The number of carbonyl (C=O) groups is 4. The van der Waals surface area contributed by atoms with E-state index < -0.39 is 49.3 Å². The quantitative estimate of drug-likeness (QED) is 0.475. The average molecular weight is 290 g/mol. The van der Waals surface area contributed by atoms with Crippen LogP contribution in [0.5, 0.6) is 0 Å². The highest BCUT2D eigenvalue weighted by Crippen LogP contribution is 2.15. The molecule has 0 unspecified atom stereocenters. The van der Waals surface area contributed by atoms with Crippen molar-refractivity contribution in [3.8, 4) is 0 Å². The normalized spacial score (nSPS) is 10.4. The summed E-state index contributed by atoms with van der Waals surface area (Å²) in [5.41, 5.74) is -1.56. The van der Waals surface area contributed by atoms with E-state index in [1.165, 1.54) is 0 Å². The molecule has 0 rings (SSSR count). The van der Waals surface area contributed by atoms with Crippen LogP contribution in [0.15, 0.2) is 0 Å². The molecule has 8 nitrogen and oxygen atoms in total. The summed E-state index contributed by atoms with van der Waals surface area (Å²) in [6.45, 7) is 3.42. The number of hydrogen-bond donors (Lipinski definition) is 0. The van der Waals surface area contributed by atoms with Gasteiger partial charge in [0, 0.05) is 27.7 Å². The Morgan fingerprint density at radius 2 is 0.950 bits per heavy atom. The maximum Gasteiger partial charge on any atom is 0.303 e. The maximum absolute atomic E-state index is 11.1. The molecule has 0 bridgehead atoms. The van der Waals surface area contributed by atoms with Gasteiger partial charge in [0.15, 0.2) is 0 Å². The fourth-order valence-corrected chi connectivity index (χ4v) is 1.22. The van der Waals surface area contributed by atoms with E-state index >= 15 is 0 Å². The van der Waals surface area contributed by atoms with E-state index in [1.807, 2.05) is 0 Å². The van der Waals surface area contributed by atoms with Gasteiger partial charge in [0.1, 0.15) is 19.8 Å². The lowest BCUT2D eigenvalue weighted by atomic mass is 10.1. The second-order valence-electron chi connectivity index (χ2n) is 4.12. The van der Waals surface area contributed by atoms with Crippen LogP contribution in [0.2, 0.25) is 0 Å². The highest BCUT2D eigenvalue weighted by molar-refractivity contribution is 5.69. The number of hydrogen-bond acceptors (Lipinski definition) is 8. The first-order chi connectivity index (χ1) is 9.17. The first kappa shape index (κ1) is 17.9. The van der Waals surface area contributed by atoms with Crippen molar-refractivity contribution in [2.75, 3.05) is 19.8 Å². The largest absolute Gasteiger partial charge is 0.461 e. The van der Waals surface area contributed by atoms with Crippen molar-refractivity contribution in [2.24, 2.45) is 0 Å². The van der Waals surface area contributed by atoms with Crippen LogP contribution in [0.3, 0.4) is 0 Å². The molecule has 0 saturated carbocycles. The van der Waals surface area contributed by atoms with Crippen molar-refractivity contribution in [2.45, 2.75) is 33.3 Å². The summed E-state index contributed by atoms with van der Waals surface area (Å²) in [6, 6.07) is 0. The maximum atomic E-state index is 11.1. The van der Waals surface area contributed by atoms with Gasteiger partial charge in [-0.15, -0.1) is 0 Å². The van der Waals surface area contributed by atoms with Gasteiger partial charge in [0.05, 0.1) is 0 Å². The summed E-state index contributed by atoms with van der Waals surface area (Å²) in [5, 5.41) is 0. The Morgan fingerprint density at radius 1 is 0.650 bits per heavy atom.